The van der Waals surface area contributed by atoms with Crippen molar-refractivity contribution < 1.29 is 24.0 Å². The molecule has 13 nitrogen and oxygen atoms in total. The Morgan fingerprint density at radius 3 is 2.41 bits per heavy atom. The van der Waals surface area contributed by atoms with Gasteiger partial charge in [0, 0.05) is 35.3 Å². The van der Waals surface area contributed by atoms with Crippen LogP contribution in [0.3, 0.4) is 0 Å². The molecular weight excluding hydrogens is 576 g/mol. The van der Waals surface area contributed by atoms with Crippen molar-refractivity contribution in [2.24, 2.45) is 0 Å². The average molecular weight is 599 g/mol. The van der Waals surface area contributed by atoms with Crippen molar-refractivity contribution in [1.82, 2.24) is 19.9 Å². The quantitative estimate of drug-likeness (QED) is 0.193. The Morgan fingerprint density at radius 2 is 1.79 bits per heavy atom. The van der Waals surface area contributed by atoms with Gasteiger partial charge in [-0.1, -0.05) is 27.2 Å². The molecular formula is C25H23BrN6O7. The van der Waals surface area contributed by atoms with Gasteiger partial charge in [-0.3, -0.25) is 29.8 Å². The standard InChI is InChI=1S/C25H23BrN6O7/c1-2-10-29(25(34)17-12-19(31(35)36)14-20(13-17)32(37)38)15-22(33)30-11-4-3-5-21(30)24-27-23(28-39-24)16-6-8-18(26)9-7-16/h2,6-9,12-14,21H,1,3-5,10-11,15H2. The highest BCUT2D eigenvalue weighted by molar-refractivity contribution is 9.10. The molecule has 2 amide bonds. The minimum atomic E-state index is -0.821. The van der Waals surface area contributed by atoms with Crippen molar-refractivity contribution in [2.75, 3.05) is 19.6 Å². The van der Waals surface area contributed by atoms with Gasteiger partial charge in [0.25, 0.3) is 17.3 Å². The van der Waals surface area contributed by atoms with Gasteiger partial charge in [-0.25, -0.2) is 0 Å². The van der Waals surface area contributed by atoms with Crippen molar-refractivity contribution in [3.05, 3.63) is 91.3 Å². The molecule has 1 fully saturated rings. The molecule has 39 heavy (non-hydrogen) atoms. The molecule has 4 rings (SSSR count). The van der Waals surface area contributed by atoms with Gasteiger partial charge in [0.1, 0.15) is 12.6 Å². The Balaban J connectivity index is 1.56. The number of amides is 2. The van der Waals surface area contributed by atoms with E-state index in [1.54, 1.807) is 4.90 Å². The molecule has 0 spiro atoms. The molecule has 1 aliphatic rings. The van der Waals surface area contributed by atoms with E-state index in [1.165, 1.54) is 6.08 Å². The number of nitro groups is 2. The molecule has 1 aromatic heterocycles. The molecule has 1 atom stereocenters. The summed E-state index contributed by atoms with van der Waals surface area (Å²) in [5.74, 6) is -0.528. The number of carbonyl (C=O) groups excluding carboxylic acids is 2. The molecule has 1 unspecified atom stereocenters. The van der Waals surface area contributed by atoms with Crippen molar-refractivity contribution in [2.45, 2.75) is 25.3 Å². The second-order valence-corrected chi connectivity index (χ2v) is 9.70. The number of rotatable bonds is 9. The van der Waals surface area contributed by atoms with Crippen LogP contribution in [0.5, 0.6) is 0 Å². The Kier molecular flexibility index (Phi) is 8.44. The number of nitro benzene ring substituents is 2. The Hall–Kier alpha value is -4.46. The van der Waals surface area contributed by atoms with Crippen LogP contribution in [0.15, 0.2) is 64.1 Å². The summed E-state index contributed by atoms with van der Waals surface area (Å²) < 4.78 is 6.42. The zero-order valence-corrected chi connectivity index (χ0v) is 22.2. The fourth-order valence-corrected chi connectivity index (χ4v) is 4.58. The van der Waals surface area contributed by atoms with E-state index in [1.807, 2.05) is 24.3 Å². The number of non-ortho nitro benzene ring substituents is 2. The van der Waals surface area contributed by atoms with E-state index in [2.05, 4.69) is 32.6 Å². The molecule has 1 aliphatic heterocycles. The summed E-state index contributed by atoms with van der Waals surface area (Å²) in [5.41, 5.74) is -0.745. The second-order valence-electron chi connectivity index (χ2n) is 8.79. The summed E-state index contributed by atoms with van der Waals surface area (Å²) >= 11 is 3.38. The lowest BCUT2D eigenvalue weighted by molar-refractivity contribution is -0.394. The molecule has 2 aromatic carbocycles. The van der Waals surface area contributed by atoms with E-state index in [9.17, 15) is 29.8 Å². The maximum Gasteiger partial charge on any atom is 0.277 e. The SMILES string of the molecule is C=CCN(CC(=O)N1CCCCC1c1nc(-c2ccc(Br)cc2)no1)C(=O)c1cc([N+](=O)[O-])cc([N+](=O)[O-])c1. The molecule has 202 valence electrons. The molecule has 14 heteroatoms. The van der Waals surface area contributed by atoms with Crippen molar-refractivity contribution in [3.8, 4) is 11.4 Å². The monoisotopic (exact) mass is 598 g/mol. The number of piperidine rings is 1. The van der Waals surface area contributed by atoms with Gasteiger partial charge < -0.3 is 14.3 Å². The Morgan fingerprint density at radius 1 is 1.13 bits per heavy atom. The molecule has 0 radical (unpaired) electrons. The van der Waals surface area contributed by atoms with Gasteiger partial charge >= 0.3 is 0 Å². The van der Waals surface area contributed by atoms with Crippen LogP contribution >= 0.6 is 15.9 Å². The molecule has 2 heterocycles. The predicted molar refractivity (Wildman–Crippen MR) is 142 cm³/mol. The van der Waals surface area contributed by atoms with E-state index in [4.69, 9.17) is 4.52 Å². The van der Waals surface area contributed by atoms with E-state index in [0.29, 0.717) is 18.8 Å². The lowest BCUT2D eigenvalue weighted by atomic mass is 10.0. The molecule has 0 aliphatic carbocycles. The van der Waals surface area contributed by atoms with Crippen molar-refractivity contribution in [3.63, 3.8) is 0 Å². The maximum atomic E-state index is 13.5. The van der Waals surface area contributed by atoms with Crippen LogP contribution in [0.2, 0.25) is 0 Å². The van der Waals surface area contributed by atoms with E-state index < -0.39 is 39.1 Å². The zero-order valence-electron chi connectivity index (χ0n) is 20.6. The minimum absolute atomic E-state index is 0.0617. The summed E-state index contributed by atoms with van der Waals surface area (Å²) in [6.45, 7) is 3.57. The minimum Gasteiger partial charge on any atom is -0.337 e. The number of aromatic nitrogens is 2. The first-order valence-corrected chi connectivity index (χ1v) is 12.7. The molecule has 0 N–H and O–H groups in total. The number of benzene rings is 2. The number of nitrogens with zero attached hydrogens (tertiary/aromatic N) is 6. The van der Waals surface area contributed by atoms with E-state index in [-0.39, 0.29) is 24.5 Å². The maximum absolute atomic E-state index is 13.5. The molecule has 1 saturated heterocycles. The normalized spacial score (nSPS) is 15.0. The summed E-state index contributed by atoms with van der Waals surface area (Å²) in [5, 5.41) is 26.6. The Bertz CT molecular complexity index is 1390. The summed E-state index contributed by atoms with van der Waals surface area (Å²) in [7, 11) is 0. The predicted octanol–water partition coefficient (Wildman–Crippen LogP) is 4.70. The zero-order chi connectivity index (χ0) is 28.1. The molecule has 3 aromatic rings. The van der Waals surface area contributed by atoms with Crippen LogP contribution in [0.4, 0.5) is 11.4 Å². The highest BCUT2D eigenvalue weighted by atomic mass is 79.9. The molecule has 0 saturated carbocycles. The van der Waals surface area contributed by atoms with E-state index >= 15 is 0 Å². The van der Waals surface area contributed by atoms with Gasteiger partial charge in [0.15, 0.2) is 0 Å². The lowest BCUT2D eigenvalue weighted by Gasteiger charge is -2.35. The van der Waals surface area contributed by atoms with Crippen LogP contribution in [-0.4, -0.2) is 61.2 Å². The topological polar surface area (TPSA) is 166 Å². The smallest absolute Gasteiger partial charge is 0.277 e. The van der Waals surface area contributed by atoms with Crippen molar-refractivity contribution in [1.29, 1.82) is 0 Å². The highest BCUT2D eigenvalue weighted by Crippen LogP contribution is 2.32. The van der Waals surface area contributed by atoms with Gasteiger partial charge in [0.05, 0.1) is 21.5 Å². The molecule has 0 bridgehead atoms. The van der Waals surface area contributed by atoms with E-state index in [0.717, 1.165) is 46.0 Å². The Labute approximate surface area is 230 Å². The third kappa shape index (κ3) is 6.34. The number of hydrogen-bond acceptors (Lipinski definition) is 9. The third-order valence-corrected chi connectivity index (χ3v) is 6.71. The fraction of sp³-hybridized carbons (Fsp3) is 0.280. The third-order valence-electron chi connectivity index (χ3n) is 6.19. The van der Waals surface area contributed by atoms with Crippen LogP contribution < -0.4 is 0 Å². The fourth-order valence-electron chi connectivity index (χ4n) is 4.31. The second kappa shape index (κ2) is 11.9. The summed E-state index contributed by atoms with van der Waals surface area (Å²) in [4.78, 5) is 54.8. The first-order chi connectivity index (χ1) is 18.7. The van der Waals surface area contributed by atoms with Crippen molar-refractivity contribution >= 4 is 39.1 Å². The van der Waals surface area contributed by atoms with Crippen LogP contribution in [-0.2, 0) is 4.79 Å². The van der Waals surface area contributed by atoms with Gasteiger partial charge in [-0.05, 0) is 43.5 Å². The average Bonchev–Trinajstić information content (AvgIpc) is 3.42. The first-order valence-electron chi connectivity index (χ1n) is 11.9. The number of likely N-dealkylation sites (tertiary alicyclic amines) is 1. The van der Waals surface area contributed by atoms with Crippen LogP contribution in [0.25, 0.3) is 11.4 Å². The first kappa shape index (κ1) is 27.6. The summed E-state index contributed by atoms with van der Waals surface area (Å²) in [6.07, 6.45) is 3.55. The number of hydrogen-bond donors (Lipinski definition) is 0. The highest BCUT2D eigenvalue weighted by Gasteiger charge is 2.34. The lowest BCUT2D eigenvalue weighted by Crippen LogP contribution is -2.46. The largest absolute Gasteiger partial charge is 0.337 e. The number of halogens is 1. The number of carbonyl (C=O) groups is 2. The van der Waals surface area contributed by atoms with Gasteiger partial charge in [-0.15, -0.1) is 6.58 Å². The van der Waals surface area contributed by atoms with Crippen LogP contribution in [0.1, 0.15) is 41.6 Å². The van der Waals surface area contributed by atoms with Crippen LogP contribution in [0, 0.1) is 20.2 Å². The summed E-state index contributed by atoms with van der Waals surface area (Å²) in [6, 6.07) is 9.53. The van der Waals surface area contributed by atoms with Gasteiger partial charge in [0.2, 0.25) is 17.6 Å². The van der Waals surface area contributed by atoms with Gasteiger partial charge in [-0.2, -0.15) is 4.98 Å².